The van der Waals surface area contributed by atoms with E-state index in [2.05, 4.69) is 15.0 Å². The second-order valence-corrected chi connectivity index (χ2v) is 6.29. The summed E-state index contributed by atoms with van der Waals surface area (Å²) in [5.41, 5.74) is 0.249. The van der Waals surface area contributed by atoms with Crippen LogP contribution in [0.15, 0.2) is 46.8 Å². The van der Waals surface area contributed by atoms with Crippen LogP contribution in [0, 0.1) is 0 Å². The van der Waals surface area contributed by atoms with Crippen LogP contribution in [0.2, 0.25) is 0 Å². The van der Waals surface area contributed by atoms with Gasteiger partial charge in [-0.15, -0.1) is 11.3 Å². The van der Waals surface area contributed by atoms with Gasteiger partial charge in [0.05, 0.1) is 11.7 Å². The zero-order valence-corrected chi connectivity index (χ0v) is 14.3. The van der Waals surface area contributed by atoms with E-state index >= 15 is 0 Å². The SMILES string of the molecule is O=C(CCn1cnc2sccc2c1=O)NCc1ccccc1OC(F)F. The van der Waals surface area contributed by atoms with Crippen molar-refractivity contribution in [3.05, 3.63) is 58.0 Å². The third kappa shape index (κ3) is 4.23. The van der Waals surface area contributed by atoms with E-state index < -0.39 is 6.61 Å². The van der Waals surface area contributed by atoms with Gasteiger partial charge in [-0.05, 0) is 17.5 Å². The van der Waals surface area contributed by atoms with Crippen LogP contribution in [0.25, 0.3) is 10.2 Å². The van der Waals surface area contributed by atoms with Gasteiger partial charge < -0.3 is 10.1 Å². The van der Waals surface area contributed by atoms with Crippen LogP contribution in [0.1, 0.15) is 12.0 Å². The number of aryl methyl sites for hydroxylation is 1. The lowest BCUT2D eigenvalue weighted by Gasteiger charge is -2.11. The summed E-state index contributed by atoms with van der Waals surface area (Å²) < 4.78 is 30.6. The molecule has 0 spiro atoms. The van der Waals surface area contributed by atoms with E-state index in [-0.39, 0.29) is 36.7 Å². The normalized spacial score (nSPS) is 11.0. The number of amides is 1. The van der Waals surface area contributed by atoms with E-state index in [1.165, 1.54) is 28.3 Å². The monoisotopic (exact) mass is 379 g/mol. The summed E-state index contributed by atoms with van der Waals surface area (Å²) in [4.78, 5) is 29.1. The van der Waals surface area contributed by atoms with Crippen LogP contribution in [-0.2, 0) is 17.9 Å². The van der Waals surface area contributed by atoms with Gasteiger partial charge in [-0.3, -0.25) is 14.2 Å². The Balaban J connectivity index is 1.58. The number of hydrogen-bond donors (Lipinski definition) is 1. The van der Waals surface area contributed by atoms with Crippen LogP contribution in [0.4, 0.5) is 8.78 Å². The van der Waals surface area contributed by atoms with Gasteiger partial charge >= 0.3 is 6.61 Å². The number of alkyl halides is 2. The number of rotatable bonds is 7. The van der Waals surface area contributed by atoms with Gasteiger partial charge in [0.1, 0.15) is 10.6 Å². The first-order valence-corrected chi connectivity index (χ1v) is 8.64. The molecule has 136 valence electrons. The molecule has 26 heavy (non-hydrogen) atoms. The maximum Gasteiger partial charge on any atom is 0.387 e. The molecule has 0 fully saturated rings. The van der Waals surface area contributed by atoms with Gasteiger partial charge in [-0.25, -0.2) is 4.98 Å². The molecule has 0 bridgehead atoms. The summed E-state index contributed by atoms with van der Waals surface area (Å²) in [6, 6.07) is 7.95. The number of hydrogen-bond acceptors (Lipinski definition) is 5. The zero-order chi connectivity index (χ0) is 18.5. The van der Waals surface area contributed by atoms with E-state index in [0.29, 0.717) is 15.8 Å². The maximum absolute atomic E-state index is 12.4. The number of fused-ring (bicyclic) bond motifs is 1. The smallest absolute Gasteiger partial charge is 0.387 e. The number of benzene rings is 1. The summed E-state index contributed by atoms with van der Waals surface area (Å²) in [5, 5.41) is 4.95. The van der Waals surface area contributed by atoms with Gasteiger partial charge in [-0.2, -0.15) is 8.78 Å². The minimum Gasteiger partial charge on any atom is -0.434 e. The number of aromatic nitrogens is 2. The molecule has 0 aliphatic carbocycles. The van der Waals surface area contributed by atoms with Crippen molar-refractivity contribution in [3.63, 3.8) is 0 Å². The fraction of sp³-hybridized carbons (Fsp3) is 0.235. The quantitative estimate of drug-likeness (QED) is 0.685. The van der Waals surface area contributed by atoms with Gasteiger partial charge in [0, 0.05) is 25.1 Å². The second kappa shape index (κ2) is 8.05. The van der Waals surface area contributed by atoms with Crippen LogP contribution >= 0.6 is 11.3 Å². The van der Waals surface area contributed by atoms with Crippen molar-refractivity contribution < 1.29 is 18.3 Å². The van der Waals surface area contributed by atoms with Crippen LogP contribution in [0.3, 0.4) is 0 Å². The van der Waals surface area contributed by atoms with Crippen LogP contribution < -0.4 is 15.6 Å². The number of halogens is 2. The average molecular weight is 379 g/mol. The molecule has 1 amide bonds. The summed E-state index contributed by atoms with van der Waals surface area (Å²) in [7, 11) is 0. The van der Waals surface area contributed by atoms with E-state index in [9.17, 15) is 18.4 Å². The lowest BCUT2D eigenvalue weighted by molar-refractivity contribution is -0.121. The number of thiophene rings is 1. The Morgan fingerprint density at radius 2 is 2.12 bits per heavy atom. The molecular formula is C17H15F2N3O3S. The molecule has 0 radical (unpaired) electrons. The van der Waals surface area contributed by atoms with E-state index in [4.69, 9.17) is 0 Å². The molecule has 0 saturated heterocycles. The van der Waals surface area contributed by atoms with E-state index in [0.717, 1.165) is 0 Å². The Bertz CT molecular complexity index is 971. The topological polar surface area (TPSA) is 73.2 Å². The van der Waals surface area contributed by atoms with Crippen molar-refractivity contribution >= 4 is 27.5 Å². The molecule has 2 aromatic heterocycles. The standard InChI is InChI=1S/C17H15F2N3O3S/c18-17(19)25-13-4-2-1-3-11(13)9-20-14(23)5-7-22-10-21-15-12(16(22)24)6-8-26-15/h1-4,6,8,10,17H,5,7,9H2,(H,20,23). The Hall–Kier alpha value is -2.81. The van der Waals surface area contributed by atoms with Crippen LogP contribution in [-0.4, -0.2) is 22.1 Å². The molecular weight excluding hydrogens is 364 g/mol. The lowest BCUT2D eigenvalue weighted by atomic mass is 10.2. The molecule has 0 saturated carbocycles. The molecule has 0 aliphatic heterocycles. The highest BCUT2D eigenvalue weighted by atomic mass is 32.1. The van der Waals surface area contributed by atoms with E-state index in [1.54, 1.807) is 29.6 Å². The van der Waals surface area contributed by atoms with Gasteiger partial charge in [-0.1, -0.05) is 18.2 Å². The van der Waals surface area contributed by atoms with Gasteiger partial charge in [0.25, 0.3) is 5.56 Å². The zero-order valence-electron chi connectivity index (χ0n) is 13.5. The molecule has 1 N–H and O–H groups in total. The molecule has 9 heteroatoms. The highest BCUT2D eigenvalue weighted by molar-refractivity contribution is 7.16. The van der Waals surface area contributed by atoms with Crippen LogP contribution in [0.5, 0.6) is 5.75 Å². The molecule has 2 heterocycles. The number of nitrogens with one attached hydrogen (secondary N) is 1. The maximum atomic E-state index is 12.4. The minimum atomic E-state index is -2.93. The molecule has 0 aliphatic rings. The predicted molar refractivity (Wildman–Crippen MR) is 93.4 cm³/mol. The number of ether oxygens (including phenoxy) is 1. The number of para-hydroxylation sites is 1. The molecule has 3 aromatic rings. The first kappa shape index (κ1) is 18.0. The van der Waals surface area contributed by atoms with Gasteiger partial charge in [0.15, 0.2) is 0 Å². The largest absolute Gasteiger partial charge is 0.434 e. The number of carbonyl (C=O) groups excluding carboxylic acids is 1. The second-order valence-electron chi connectivity index (χ2n) is 5.40. The highest BCUT2D eigenvalue weighted by Crippen LogP contribution is 2.20. The summed E-state index contributed by atoms with van der Waals surface area (Å²) in [6.07, 6.45) is 1.48. The third-order valence-corrected chi connectivity index (χ3v) is 4.52. The minimum absolute atomic E-state index is 0.0196. The Morgan fingerprint density at radius 1 is 1.31 bits per heavy atom. The number of carbonyl (C=O) groups is 1. The molecule has 0 unspecified atom stereocenters. The summed E-state index contributed by atoms with van der Waals surface area (Å²) in [5.74, 6) is -0.291. The van der Waals surface area contributed by atoms with Crippen molar-refractivity contribution in [3.8, 4) is 5.75 Å². The Labute approximate surface area is 151 Å². The van der Waals surface area contributed by atoms with Crippen molar-refractivity contribution in [2.75, 3.05) is 0 Å². The van der Waals surface area contributed by atoms with Crippen molar-refractivity contribution in [2.24, 2.45) is 0 Å². The third-order valence-electron chi connectivity index (χ3n) is 3.69. The van der Waals surface area contributed by atoms with Crippen molar-refractivity contribution in [1.29, 1.82) is 0 Å². The first-order valence-electron chi connectivity index (χ1n) is 7.76. The molecule has 3 rings (SSSR count). The highest BCUT2D eigenvalue weighted by Gasteiger charge is 2.11. The Morgan fingerprint density at radius 3 is 2.92 bits per heavy atom. The fourth-order valence-corrected chi connectivity index (χ4v) is 3.14. The van der Waals surface area contributed by atoms with Gasteiger partial charge in [0.2, 0.25) is 5.91 Å². The van der Waals surface area contributed by atoms with Crippen molar-refractivity contribution in [1.82, 2.24) is 14.9 Å². The van der Waals surface area contributed by atoms with E-state index in [1.807, 2.05) is 0 Å². The molecule has 6 nitrogen and oxygen atoms in total. The molecule has 0 atom stereocenters. The predicted octanol–water partition coefficient (Wildman–Crippen LogP) is 2.77. The summed E-state index contributed by atoms with van der Waals surface area (Å²) in [6.45, 7) is -2.70. The van der Waals surface area contributed by atoms with Crippen molar-refractivity contribution in [2.45, 2.75) is 26.1 Å². The lowest BCUT2D eigenvalue weighted by Crippen LogP contribution is -2.27. The summed E-state index contributed by atoms with van der Waals surface area (Å²) >= 11 is 1.38. The average Bonchev–Trinajstić information content (AvgIpc) is 3.09. The first-order chi connectivity index (χ1) is 12.5. The number of nitrogens with zero attached hydrogens (tertiary/aromatic N) is 2. The Kier molecular flexibility index (Phi) is 5.57. The molecule has 1 aromatic carbocycles. The fourth-order valence-electron chi connectivity index (χ4n) is 2.42.